The maximum absolute atomic E-state index is 9.51. The summed E-state index contributed by atoms with van der Waals surface area (Å²) in [6.45, 7) is 4.57. The lowest BCUT2D eigenvalue weighted by Crippen LogP contribution is -2.48. The number of nitrogens with zero attached hydrogens (tertiary/aromatic N) is 1. The van der Waals surface area contributed by atoms with E-state index in [1.807, 2.05) is 12.1 Å². The van der Waals surface area contributed by atoms with Crippen molar-refractivity contribution in [1.82, 2.24) is 5.32 Å². The van der Waals surface area contributed by atoms with Crippen LogP contribution >= 0.6 is 0 Å². The second-order valence-electron chi connectivity index (χ2n) is 4.90. The van der Waals surface area contributed by atoms with E-state index in [4.69, 9.17) is 9.47 Å². The second kappa shape index (κ2) is 8.21. The summed E-state index contributed by atoms with van der Waals surface area (Å²) in [5.74, 6) is 0. The number of morpholine rings is 1. The molecule has 1 heterocycles. The lowest BCUT2D eigenvalue weighted by atomic mass is 10.1. The van der Waals surface area contributed by atoms with Gasteiger partial charge in [0.25, 0.3) is 0 Å². The molecule has 1 aromatic rings. The molecule has 0 saturated carbocycles. The number of methoxy groups -OCH3 is 1. The number of ether oxygens (including phenoxy) is 2. The largest absolute Gasteiger partial charge is 0.394 e. The smallest absolute Gasteiger partial charge is 0.0755 e. The van der Waals surface area contributed by atoms with E-state index in [-0.39, 0.29) is 12.6 Å². The van der Waals surface area contributed by atoms with Gasteiger partial charge in [0, 0.05) is 32.4 Å². The summed E-state index contributed by atoms with van der Waals surface area (Å²) in [5, 5.41) is 12.9. The van der Waals surface area contributed by atoms with E-state index in [0.29, 0.717) is 19.8 Å². The van der Waals surface area contributed by atoms with Gasteiger partial charge in [-0.25, -0.2) is 0 Å². The van der Waals surface area contributed by atoms with Crippen LogP contribution in [0.2, 0.25) is 0 Å². The van der Waals surface area contributed by atoms with Gasteiger partial charge in [-0.3, -0.25) is 0 Å². The summed E-state index contributed by atoms with van der Waals surface area (Å²) in [4.78, 5) is 2.25. The predicted molar refractivity (Wildman–Crippen MR) is 79.1 cm³/mol. The van der Waals surface area contributed by atoms with Gasteiger partial charge in [-0.2, -0.15) is 0 Å². The molecule has 5 heteroatoms. The first-order valence-electron chi connectivity index (χ1n) is 7.09. The Morgan fingerprint density at radius 1 is 1.45 bits per heavy atom. The molecule has 20 heavy (non-hydrogen) atoms. The highest BCUT2D eigenvalue weighted by Crippen LogP contribution is 2.24. The third-order valence-corrected chi connectivity index (χ3v) is 3.54. The lowest BCUT2D eigenvalue weighted by molar-refractivity contribution is 0.0726. The molecule has 0 amide bonds. The van der Waals surface area contributed by atoms with Gasteiger partial charge in [-0.05, 0) is 11.6 Å². The minimum atomic E-state index is 0.0453. The first kappa shape index (κ1) is 15.3. The molecule has 0 aliphatic carbocycles. The Morgan fingerprint density at radius 3 is 3.10 bits per heavy atom. The molecular formula is C15H24N2O3. The SMILES string of the molecule is COCCNCc1ccccc1N1CCOCC1CO. The van der Waals surface area contributed by atoms with Crippen molar-refractivity contribution in [2.24, 2.45) is 0 Å². The summed E-state index contributed by atoms with van der Waals surface area (Å²) in [7, 11) is 1.70. The molecular weight excluding hydrogens is 256 g/mol. The highest BCUT2D eigenvalue weighted by molar-refractivity contribution is 5.54. The van der Waals surface area contributed by atoms with Crippen LogP contribution in [0.25, 0.3) is 0 Å². The van der Waals surface area contributed by atoms with E-state index in [9.17, 15) is 5.11 Å². The molecule has 112 valence electrons. The number of hydrogen-bond donors (Lipinski definition) is 2. The predicted octanol–water partition coefficient (Wildman–Crippen LogP) is 0.620. The van der Waals surface area contributed by atoms with Crippen molar-refractivity contribution in [2.75, 3.05) is 51.5 Å². The fourth-order valence-corrected chi connectivity index (χ4v) is 2.46. The van der Waals surface area contributed by atoms with E-state index in [2.05, 4.69) is 22.3 Å². The minimum absolute atomic E-state index is 0.0453. The molecule has 1 unspecified atom stereocenters. The minimum Gasteiger partial charge on any atom is -0.394 e. The van der Waals surface area contributed by atoms with Crippen molar-refractivity contribution in [1.29, 1.82) is 0 Å². The van der Waals surface area contributed by atoms with Gasteiger partial charge < -0.3 is 24.8 Å². The lowest BCUT2D eigenvalue weighted by Gasteiger charge is -2.37. The molecule has 2 rings (SSSR count). The fourth-order valence-electron chi connectivity index (χ4n) is 2.46. The Balaban J connectivity index is 2.05. The number of hydrogen-bond acceptors (Lipinski definition) is 5. The van der Waals surface area contributed by atoms with E-state index in [1.165, 1.54) is 11.3 Å². The average molecular weight is 280 g/mol. The van der Waals surface area contributed by atoms with Crippen molar-refractivity contribution in [3.05, 3.63) is 29.8 Å². The summed E-state index contributed by atoms with van der Waals surface area (Å²) < 4.78 is 10.5. The molecule has 0 radical (unpaired) electrons. The van der Waals surface area contributed by atoms with Crippen molar-refractivity contribution >= 4 is 5.69 Å². The molecule has 1 aromatic carbocycles. The van der Waals surface area contributed by atoms with Crippen LogP contribution in [-0.4, -0.2) is 57.8 Å². The van der Waals surface area contributed by atoms with Gasteiger partial charge in [0.2, 0.25) is 0 Å². The average Bonchev–Trinajstić information content (AvgIpc) is 2.52. The van der Waals surface area contributed by atoms with Gasteiger partial charge in [-0.15, -0.1) is 0 Å². The van der Waals surface area contributed by atoms with Gasteiger partial charge in [-0.1, -0.05) is 18.2 Å². The first-order chi connectivity index (χ1) is 9.86. The number of anilines is 1. The number of para-hydroxylation sites is 1. The van der Waals surface area contributed by atoms with Crippen LogP contribution in [0.15, 0.2) is 24.3 Å². The zero-order valence-corrected chi connectivity index (χ0v) is 12.0. The zero-order chi connectivity index (χ0) is 14.2. The zero-order valence-electron chi connectivity index (χ0n) is 12.0. The van der Waals surface area contributed by atoms with Gasteiger partial charge in [0.15, 0.2) is 0 Å². The van der Waals surface area contributed by atoms with E-state index in [1.54, 1.807) is 7.11 Å². The number of rotatable bonds is 7. The first-order valence-corrected chi connectivity index (χ1v) is 7.09. The van der Waals surface area contributed by atoms with E-state index < -0.39 is 0 Å². The van der Waals surface area contributed by atoms with Crippen LogP contribution in [0.3, 0.4) is 0 Å². The van der Waals surface area contributed by atoms with E-state index >= 15 is 0 Å². The third kappa shape index (κ3) is 3.93. The summed E-state index contributed by atoms with van der Waals surface area (Å²) in [6, 6.07) is 8.37. The van der Waals surface area contributed by atoms with Crippen LogP contribution in [0.1, 0.15) is 5.56 Å². The topological polar surface area (TPSA) is 54.0 Å². The third-order valence-electron chi connectivity index (χ3n) is 3.54. The summed E-state index contributed by atoms with van der Waals surface area (Å²) in [5.41, 5.74) is 2.42. The normalized spacial score (nSPS) is 19.3. The Labute approximate surface area is 120 Å². The summed E-state index contributed by atoms with van der Waals surface area (Å²) >= 11 is 0. The number of aliphatic hydroxyl groups excluding tert-OH is 1. The van der Waals surface area contributed by atoms with Crippen LogP contribution in [0.4, 0.5) is 5.69 Å². The number of aliphatic hydroxyl groups is 1. The standard InChI is InChI=1S/C15H24N2O3/c1-19-8-6-16-10-13-4-2-3-5-15(13)17-7-9-20-12-14(17)11-18/h2-5,14,16,18H,6-12H2,1H3. The highest BCUT2D eigenvalue weighted by atomic mass is 16.5. The highest BCUT2D eigenvalue weighted by Gasteiger charge is 2.23. The monoisotopic (exact) mass is 280 g/mol. The van der Waals surface area contributed by atoms with Gasteiger partial charge >= 0.3 is 0 Å². The molecule has 1 atom stereocenters. The van der Waals surface area contributed by atoms with Crippen LogP contribution < -0.4 is 10.2 Å². The molecule has 0 aromatic heterocycles. The maximum atomic E-state index is 9.51. The maximum Gasteiger partial charge on any atom is 0.0755 e. The Hall–Kier alpha value is -1.14. The van der Waals surface area contributed by atoms with Crippen LogP contribution in [0, 0.1) is 0 Å². The van der Waals surface area contributed by atoms with Crippen molar-refractivity contribution < 1.29 is 14.6 Å². The molecule has 2 N–H and O–H groups in total. The molecule has 1 saturated heterocycles. The van der Waals surface area contributed by atoms with Crippen LogP contribution in [-0.2, 0) is 16.0 Å². The molecule has 1 aliphatic rings. The second-order valence-corrected chi connectivity index (χ2v) is 4.90. The Morgan fingerprint density at radius 2 is 2.30 bits per heavy atom. The Kier molecular flexibility index (Phi) is 6.26. The fraction of sp³-hybridized carbons (Fsp3) is 0.600. The van der Waals surface area contributed by atoms with Crippen molar-refractivity contribution in [3.63, 3.8) is 0 Å². The van der Waals surface area contributed by atoms with E-state index in [0.717, 1.165) is 19.6 Å². The van der Waals surface area contributed by atoms with Crippen molar-refractivity contribution in [3.8, 4) is 0 Å². The molecule has 0 spiro atoms. The summed E-state index contributed by atoms with van der Waals surface area (Å²) in [6.07, 6.45) is 0. The number of nitrogens with one attached hydrogen (secondary N) is 1. The molecule has 5 nitrogen and oxygen atoms in total. The van der Waals surface area contributed by atoms with Gasteiger partial charge in [0.1, 0.15) is 0 Å². The molecule has 0 bridgehead atoms. The quantitative estimate of drug-likeness (QED) is 0.717. The van der Waals surface area contributed by atoms with Crippen LogP contribution in [0.5, 0.6) is 0 Å². The number of benzene rings is 1. The van der Waals surface area contributed by atoms with Crippen molar-refractivity contribution in [2.45, 2.75) is 12.6 Å². The molecule has 1 fully saturated rings. The Bertz CT molecular complexity index is 400. The molecule has 1 aliphatic heterocycles. The van der Waals surface area contributed by atoms with Gasteiger partial charge in [0.05, 0.1) is 32.5 Å².